The fourth-order valence-electron chi connectivity index (χ4n) is 1.70. The number of aryl methyl sites for hydroxylation is 2. The third-order valence-electron chi connectivity index (χ3n) is 2.99. The second-order valence-electron chi connectivity index (χ2n) is 4.47. The summed E-state index contributed by atoms with van der Waals surface area (Å²) in [5.41, 5.74) is 3.19. The molecule has 2 aromatic rings. The van der Waals surface area contributed by atoms with Crippen molar-refractivity contribution >= 4 is 29.1 Å². The molecule has 0 spiro atoms. The molecule has 2 rings (SSSR count). The Morgan fingerprint density at radius 2 is 1.89 bits per heavy atom. The van der Waals surface area contributed by atoms with Crippen molar-refractivity contribution in [1.82, 2.24) is 0 Å². The van der Waals surface area contributed by atoms with E-state index in [1.807, 2.05) is 0 Å². The van der Waals surface area contributed by atoms with Crippen molar-refractivity contribution in [3.05, 3.63) is 64.2 Å². The Morgan fingerprint density at radius 3 is 2.58 bits per heavy atom. The maximum absolute atomic E-state index is 12.0. The molecule has 0 saturated heterocycles. The van der Waals surface area contributed by atoms with E-state index in [1.54, 1.807) is 36.0 Å². The van der Waals surface area contributed by atoms with E-state index in [-0.39, 0.29) is 5.78 Å². The molecule has 2 aromatic carbocycles. The molecule has 0 radical (unpaired) electrons. The van der Waals surface area contributed by atoms with Gasteiger partial charge in [0.05, 0.1) is 5.75 Å². The Kier molecular flexibility index (Phi) is 4.67. The molecule has 0 aliphatic carbocycles. The van der Waals surface area contributed by atoms with Crippen LogP contribution in [0.3, 0.4) is 0 Å². The number of benzene rings is 2. The van der Waals surface area contributed by atoms with E-state index in [2.05, 4.69) is 32.0 Å². The molecule has 0 heterocycles. The van der Waals surface area contributed by atoms with Crippen molar-refractivity contribution in [3.8, 4) is 0 Å². The molecule has 0 N–H and O–H groups in total. The van der Waals surface area contributed by atoms with Crippen molar-refractivity contribution in [2.24, 2.45) is 0 Å². The smallest absolute Gasteiger partial charge is 0.173 e. The van der Waals surface area contributed by atoms with Gasteiger partial charge in [-0.1, -0.05) is 29.8 Å². The Hall–Kier alpha value is -1.25. The summed E-state index contributed by atoms with van der Waals surface area (Å²) in [7, 11) is 0. The van der Waals surface area contributed by atoms with Crippen LogP contribution < -0.4 is 0 Å². The van der Waals surface area contributed by atoms with Gasteiger partial charge < -0.3 is 0 Å². The molecular formula is C16H15ClOS. The average Bonchev–Trinajstić information content (AvgIpc) is 2.40. The lowest BCUT2D eigenvalue weighted by molar-refractivity contribution is 0.102. The van der Waals surface area contributed by atoms with E-state index in [1.165, 1.54) is 11.1 Å². The fourth-order valence-corrected chi connectivity index (χ4v) is 2.78. The molecule has 0 aliphatic rings. The molecule has 0 amide bonds. The zero-order valence-electron chi connectivity index (χ0n) is 10.9. The molecule has 0 fully saturated rings. The zero-order valence-corrected chi connectivity index (χ0v) is 12.5. The van der Waals surface area contributed by atoms with Crippen molar-refractivity contribution in [2.75, 3.05) is 5.75 Å². The zero-order chi connectivity index (χ0) is 13.8. The maximum Gasteiger partial charge on any atom is 0.173 e. The van der Waals surface area contributed by atoms with Gasteiger partial charge in [-0.05, 0) is 49.2 Å². The maximum atomic E-state index is 12.0. The highest BCUT2D eigenvalue weighted by Gasteiger charge is 2.07. The van der Waals surface area contributed by atoms with Gasteiger partial charge in [0.1, 0.15) is 0 Å². The standard InChI is InChI=1S/C16H15ClOS/c1-11-6-7-15(8-12(11)2)19-10-16(18)13-4-3-5-14(17)9-13/h3-9H,10H2,1-2H3. The summed E-state index contributed by atoms with van der Waals surface area (Å²) in [6.45, 7) is 4.17. The van der Waals surface area contributed by atoms with Crippen molar-refractivity contribution in [2.45, 2.75) is 18.7 Å². The molecule has 0 bridgehead atoms. The van der Waals surface area contributed by atoms with Crippen LogP contribution in [0.2, 0.25) is 5.02 Å². The summed E-state index contributed by atoms with van der Waals surface area (Å²) in [6.07, 6.45) is 0. The summed E-state index contributed by atoms with van der Waals surface area (Å²) in [6, 6.07) is 13.3. The van der Waals surface area contributed by atoms with E-state index in [4.69, 9.17) is 11.6 Å². The summed E-state index contributed by atoms with van der Waals surface area (Å²) < 4.78 is 0. The Balaban J connectivity index is 2.02. The van der Waals surface area contributed by atoms with Gasteiger partial charge in [0.2, 0.25) is 0 Å². The Morgan fingerprint density at radius 1 is 1.11 bits per heavy atom. The van der Waals surface area contributed by atoms with Crippen LogP contribution in [0.1, 0.15) is 21.5 Å². The lowest BCUT2D eigenvalue weighted by atomic mass is 10.1. The third kappa shape index (κ3) is 3.85. The van der Waals surface area contributed by atoms with Gasteiger partial charge in [-0.2, -0.15) is 0 Å². The van der Waals surface area contributed by atoms with E-state index in [9.17, 15) is 4.79 Å². The van der Waals surface area contributed by atoms with Crippen molar-refractivity contribution in [1.29, 1.82) is 0 Å². The van der Waals surface area contributed by atoms with Crippen LogP contribution in [0.25, 0.3) is 0 Å². The first-order valence-electron chi connectivity index (χ1n) is 6.05. The second-order valence-corrected chi connectivity index (χ2v) is 5.95. The summed E-state index contributed by atoms with van der Waals surface area (Å²) in [4.78, 5) is 13.2. The van der Waals surface area contributed by atoms with Crippen LogP contribution in [0.4, 0.5) is 0 Å². The van der Waals surface area contributed by atoms with Gasteiger partial charge >= 0.3 is 0 Å². The lowest BCUT2D eigenvalue weighted by Crippen LogP contribution is -2.02. The SMILES string of the molecule is Cc1ccc(SCC(=O)c2cccc(Cl)c2)cc1C. The van der Waals surface area contributed by atoms with E-state index >= 15 is 0 Å². The van der Waals surface area contributed by atoms with Gasteiger partial charge in [0.25, 0.3) is 0 Å². The highest BCUT2D eigenvalue weighted by Crippen LogP contribution is 2.22. The van der Waals surface area contributed by atoms with Crippen LogP contribution in [0.15, 0.2) is 47.4 Å². The summed E-state index contributed by atoms with van der Waals surface area (Å²) >= 11 is 7.44. The summed E-state index contributed by atoms with van der Waals surface area (Å²) in [5.74, 6) is 0.536. The second kappa shape index (κ2) is 6.27. The summed E-state index contributed by atoms with van der Waals surface area (Å²) in [5, 5.41) is 0.599. The number of rotatable bonds is 4. The number of hydrogen-bond donors (Lipinski definition) is 0. The molecule has 0 atom stereocenters. The first kappa shape index (κ1) is 14.2. The monoisotopic (exact) mass is 290 g/mol. The number of carbonyl (C=O) groups is 1. The van der Waals surface area contributed by atoms with E-state index in [0.717, 1.165) is 4.90 Å². The molecule has 1 nitrogen and oxygen atoms in total. The predicted molar refractivity (Wildman–Crippen MR) is 82.4 cm³/mol. The largest absolute Gasteiger partial charge is 0.293 e. The highest BCUT2D eigenvalue weighted by molar-refractivity contribution is 8.00. The lowest BCUT2D eigenvalue weighted by Gasteiger charge is -2.05. The minimum Gasteiger partial charge on any atom is -0.293 e. The van der Waals surface area contributed by atoms with E-state index < -0.39 is 0 Å². The average molecular weight is 291 g/mol. The molecule has 0 aliphatic heterocycles. The number of carbonyl (C=O) groups excluding carboxylic acids is 1. The molecule has 0 saturated carbocycles. The van der Waals surface area contributed by atoms with Crippen LogP contribution in [-0.2, 0) is 0 Å². The first-order chi connectivity index (χ1) is 9.06. The molecule has 98 valence electrons. The highest BCUT2D eigenvalue weighted by atomic mass is 35.5. The van der Waals surface area contributed by atoms with Crippen LogP contribution >= 0.6 is 23.4 Å². The number of Topliss-reactive ketones (excluding diaryl/α,β-unsaturated/α-hetero) is 1. The van der Waals surface area contributed by atoms with Crippen molar-refractivity contribution in [3.63, 3.8) is 0 Å². The quantitative estimate of drug-likeness (QED) is 0.586. The number of thioether (sulfide) groups is 1. The van der Waals surface area contributed by atoms with Gasteiger partial charge in [-0.15, -0.1) is 11.8 Å². The van der Waals surface area contributed by atoms with Crippen LogP contribution in [0.5, 0.6) is 0 Å². The molecule has 3 heteroatoms. The van der Waals surface area contributed by atoms with Crippen molar-refractivity contribution < 1.29 is 4.79 Å². The molecule has 0 aromatic heterocycles. The van der Waals surface area contributed by atoms with Gasteiger partial charge in [0, 0.05) is 15.5 Å². The normalized spacial score (nSPS) is 10.5. The minimum absolute atomic E-state index is 0.103. The van der Waals surface area contributed by atoms with Gasteiger partial charge in [-0.25, -0.2) is 0 Å². The third-order valence-corrected chi connectivity index (χ3v) is 4.22. The van der Waals surface area contributed by atoms with Gasteiger partial charge in [0.15, 0.2) is 5.78 Å². The topological polar surface area (TPSA) is 17.1 Å². The minimum atomic E-state index is 0.103. The van der Waals surface area contributed by atoms with Crippen LogP contribution in [0, 0.1) is 13.8 Å². The molecule has 19 heavy (non-hydrogen) atoms. The fraction of sp³-hybridized carbons (Fsp3) is 0.188. The Bertz CT molecular complexity index is 607. The number of halogens is 1. The van der Waals surface area contributed by atoms with Crippen LogP contribution in [-0.4, -0.2) is 11.5 Å². The Labute approximate surface area is 123 Å². The molecule has 0 unspecified atom stereocenters. The first-order valence-corrected chi connectivity index (χ1v) is 7.41. The van der Waals surface area contributed by atoms with Gasteiger partial charge in [-0.3, -0.25) is 4.79 Å². The number of hydrogen-bond acceptors (Lipinski definition) is 2. The van der Waals surface area contributed by atoms with E-state index in [0.29, 0.717) is 16.3 Å². The number of ketones is 1. The predicted octanol–water partition coefficient (Wildman–Crippen LogP) is 4.93. The molecular weight excluding hydrogens is 276 g/mol.